The van der Waals surface area contributed by atoms with Gasteiger partial charge < -0.3 is 5.32 Å². The first kappa shape index (κ1) is 16.0. The van der Waals surface area contributed by atoms with Crippen LogP contribution in [0.1, 0.15) is 16.8 Å². The quantitative estimate of drug-likeness (QED) is 0.799. The van der Waals surface area contributed by atoms with Crippen molar-refractivity contribution in [1.82, 2.24) is 19.4 Å². The Kier molecular flexibility index (Phi) is 3.97. The Morgan fingerprint density at radius 3 is 2.46 bits per heavy atom. The summed E-state index contributed by atoms with van der Waals surface area (Å²) in [6, 6.07) is 8.09. The molecule has 1 aromatic carbocycles. The maximum Gasteiger partial charge on any atom is 0.263 e. The van der Waals surface area contributed by atoms with Crippen molar-refractivity contribution in [3.63, 3.8) is 0 Å². The van der Waals surface area contributed by atoms with Crippen molar-refractivity contribution in [2.75, 3.05) is 7.05 Å². The number of carbonyl (C=O) groups excluding carboxylic acids is 1. The Balaban J connectivity index is 2.25. The van der Waals surface area contributed by atoms with Gasteiger partial charge in [0.05, 0.1) is 5.39 Å². The molecule has 1 N–H and O–H groups in total. The highest BCUT2D eigenvalue weighted by Crippen LogP contribution is 2.25. The van der Waals surface area contributed by atoms with Gasteiger partial charge in [0.25, 0.3) is 5.56 Å². The van der Waals surface area contributed by atoms with Crippen LogP contribution < -0.4 is 10.9 Å². The van der Waals surface area contributed by atoms with Crippen LogP contribution >= 0.6 is 0 Å². The molecule has 0 spiro atoms. The Bertz CT molecular complexity index is 981. The van der Waals surface area contributed by atoms with Crippen molar-refractivity contribution in [3.8, 4) is 5.69 Å². The minimum Gasteiger partial charge on any atom is -0.358 e. The van der Waals surface area contributed by atoms with E-state index in [0.29, 0.717) is 11.0 Å². The molecule has 0 fully saturated rings. The fraction of sp³-hybridized carbons (Fsp3) is 0.278. The molecule has 3 rings (SSSR count). The van der Waals surface area contributed by atoms with Gasteiger partial charge >= 0.3 is 0 Å². The first-order valence-corrected chi connectivity index (χ1v) is 7.78. The predicted molar refractivity (Wildman–Crippen MR) is 93.6 cm³/mol. The number of amides is 1. The van der Waals surface area contributed by atoms with Crippen LogP contribution in [0.4, 0.5) is 0 Å². The van der Waals surface area contributed by atoms with Gasteiger partial charge in [-0.1, -0.05) is 17.7 Å². The third kappa shape index (κ3) is 2.50. The Labute approximate surface area is 139 Å². The summed E-state index contributed by atoms with van der Waals surface area (Å²) in [4.78, 5) is 28.8. The zero-order valence-electron chi connectivity index (χ0n) is 14.3. The van der Waals surface area contributed by atoms with Crippen LogP contribution in [0.2, 0.25) is 0 Å². The van der Waals surface area contributed by atoms with Gasteiger partial charge in [-0.3, -0.25) is 18.7 Å². The van der Waals surface area contributed by atoms with Gasteiger partial charge in [-0.15, -0.1) is 0 Å². The van der Waals surface area contributed by atoms with E-state index in [9.17, 15) is 9.59 Å². The normalized spacial score (nSPS) is 11.0. The summed E-state index contributed by atoms with van der Waals surface area (Å²) in [6.45, 7) is 5.88. The molecule has 6 nitrogen and oxygen atoms in total. The van der Waals surface area contributed by atoms with E-state index < -0.39 is 0 Å². The monoisotopic (exact) mass is 324 g/mol. The minimum absolute atomic E-state index is 0.0352. The van der Waals surface area contributed by atoms with E-state index in [-0.39, 0.29) is 18.0 Å². The lowest BCUT2D eigenvalue weighted by molar-refractivity contribution is -0.121. The van der Waals surface area contributed by atoms with Crippen molar-refractivity contribution >= 4 is 16.9 Å². The number of benzene rings is 1. The first-order chi connectivity index (χ1) is 11.4. The molecule has 124 valence electrons. The summed E-state index contributed by atoms with van der Waals surface area (Å²) in [5.74, 6) is -0.231. The SMILES string of the molecule is CNC(=O)Cn1cnc2c(c(C)c(C)n2-c2ccc(C)cc2)c1=O. The highest BCUT2D eigenvalue weighted by Gasteiger charge is 2.18. The molecular weight excluding hydrogens is 304 g/mol. The summed E-state index contributed by atoms with van der Waals surface area (Å²) >= 11 is 0. The molecule has 0 radical (unpaired) electrons. The lowest BCUT2D eigenvalue weighted by atomic mass is 10.2. The number of nitrogens with one attached hydrogen (secondary N) is 1. The van der Waals surface area contributed by atoms with E-state index in [1.54, 1.807) is 7.05 Å². The standard InChI is InChI=1S/C18H20N4O2/c1-11-5-7-14(8-6-11)22-13(3)12(2)16-17(22)20-10-21(18(16)24)9-15(23)19-4/h5-8,10H,9H2,1-4H3,(H,19,23). The van der Waals surface area contributed by atoms with Gasteiger partial charge in [0.2, 0.25) is 5.91 Å². The number of aromatic nitrogens is 3. The molecule has 0 aliphatic carbocycles. The van der Waals surface area contributed by atoms with Crippen LogP contribution in [0, 0.1) is 20.8 Å². The first-order valence-electron chi connectivity index (χ1n) is 7.78. The van der Waals surface area contributed by atoms with E-state index in [0.717, 1.165) is 16.9 Å². The number of hydrogen-bond donors (Lipinski definition) is 1. The minimum atomic E-state index is -0.231. The highest BCUT2D eigenvalue weighted by molar-refractivity contribution is 5.83. The van der Waals surface area contributed by atoms with E-state index in [4.69, 9.17) is 0 Å². The van der Waals surface area contributed by atoms with Crippen LogP contribution in [0.5, 0.6) is 0 Å². The number of likely N-dealkylation sites (N-methyl/N-ethyl adjacent to an activating group) is 1. The van der Waals surface area contributed by atoms with E-state index in [2.05, 4.69) is 10.3 Å². The zero-order valence-corrected chi connectivity index (χ0v) is 14.3. The summed E-state index contributed by atoms with van der Waals surface area (Å²) in [5, 5.41) is 3.07. The van der Waals surface area contributed by atoms with Crippen molar-refractivity contribution < 1.29 is 4.79 Å². The Morgan fingerprint density at radius 1 is 1.17 bits per heavy atom. The average Bonchev–Trinajstić information content (AvgIpc) is 2.83. The molecule has 1 amide bonds. The van der Waals surface area contributed by atoms with Crippen molar-refractivity contribution in [3.05, 3.63) is 57.8 Å². The van der Waals surface area contributed by atoms with Gasteiger partial charge in [0.1, 0.15) is 12.9 Å². The molecule has 6 heteroatoms. The van der Waals surface area contributed by atoms with Gasteiger partial charge in [-0.25, -0.2) is 4.98 Å². The average molecular weight is 324 g/mol. The molecule has 0 saturated heterocycles. The van der Waals surface area contributed by atoms with Gasteiger partial charge in [-0.2, -0.15) is 0 Å². The van der Waals surface area contributed by atoms with Gasteiger partial charge in [0.15, 0.2) is 5.65 Å². The number of aryl methyl sites for hydroxylation is 2. The predicted octanol–water partition coefficient (Wildman–Crippen LogP) is 1.86. The number of nitrogens with zero attached hydrogens (tertiary/aromatic N) is 3. The van der Waals surface area contributed by atoms with Crippen LogP contribution in [-0.4, -0.2) is 27.1 Å². The van der Waals surface area contributed by atoms with Gasteiger partial charge in [0, 0.05) is 18.4 Å². The van der Waals surface area contributed by atoms with Crippen molar-refractivity contribution in [2.24, 2.45) is 0 Å². The van der Waals surface area contributed by atoms with Crippen LogP contribution in [0.3, 0.4) is 0 Å². The summed E-state index contributed by atoms with van der Waals surface area (Å²) < 4.78 is 3.32. The second-order valence-corrected chi connectivity index (χ2v) is 5.93. The number of rotatable bonds is 3. The van der Waals surface area contributed by atoms with Crippen molar-refractivity contribution in [2.45, 2.75) is 27.3 Å². The maximum atomic E-state index is 12.8. The molecule has 0 aliphatic rings. The number of fused-ring (bicyclic) bond motifs is 1. The van der Waals surface area contributed by atoms with Gasteiger partial charge in [-0.05, 0) is 38.5 Å². The Morgan fingerprint density at radius 2 is 1.83 bits per heavy atom. The number of hydrogen-bond acceptors (Lipinski definition) is 3. The molecular formula is C18H20N4O2. The highest BCUT2D eigenvalue weighted by atomic mass is 16.2. The second kappa shape index (κ2) is 5.96. The Hall–Kier alpha value is -2.89. The molecule has 0 atom stereocenters. The zero-order chi connectivity index (χ0) is 17.4. The topological polar surface area (TPSA) is 68.9 Å². The molecule has 0 saturated carbocycles. The van der Waals surface area contributed by atoms with Crippen LogP contribution in [-0.2, 0) is 11.3 Å². The number of carbonyl (C=O) groups is 1. The van der Waals surface area contributed by atoms with Crippen LogP contribution in [0.25, 0.3) is 16.7 Å². The molecule has 0 bridgehead atoms. The third-order valence-corrected chi connectivity index (χ3v) is 4.37. The van der Waals surface area contributed by atoms with Crippen molar-refractivity contribution in [1.29, 1.82) is 0 Å². The maximum absolute atomic E-state index is 12.8. The van der Waals surface area contributed by atoms with E-state index >= 15 is 0 Å². The van der Waals surface area contributed by atoms with Crippen LogP contribution in [0.15, 0.2) is 35.4 Å². The molecule has 2 aromatic heterocycles. The fourth-order valence-electron chi connectivity index (χ4n) is 2.84. The third-order valence-electron chi connectivity index (χ3n) is 4.37. The second-order valence-electron chi connectivity index (χ2n) is 5.93. The summed E-state index contributed by atoms with van der Waals surface area (Å²) in [6.07, 6.45) is 1.43. The molecule has 24 heavy (non-hydrogen) atoms. The molecule has 0 unspecified atom stereocenters. The fourth-order valence-corrected chi connectivity index (χ4v) is 2.84. The lowest BCUT2D eigenvalue weighted by Gasteiger charge is -2.09. The summed E-state index contributed by atoms with van der Waals surface area (Å²) in [5.41, 5.74) is 4.41. The smallest absolute Gasteiger partial charge is 0.263 e. The molecule has 0 aliphatic heterocycles. The van der Waals surface area contributed by atoms with E-state index in [1.807, 2.05) is 49.6 Å². The molecule has 3 aromatic rings. The summed E-state index contributed by atoms with van der Waals surface area (Å²) in [7, 11) is 1.54. The largest absolute Gasteiger partial charge is 0.358 e. The molecule has 2 heterocycles. The lowest BCUT2D eigenvalue weighted by Crippen LogP contribution is -2.30. The van der Waals surface area contributed by atoms with E-state index in [1.165, 1.54) is 16.5 Å².